The highest BCUT2D eigenvalue weighted by Gasteiger charge is 2.43. The molecule has 0 amide bonds. The second kappa shape index (κ2) is 3.32. The first kappa shape index (κ1) is 10.1. The van der Waals surface area contributed by atoms with Gasteiger partial charge in [-0.3, -0.25) is 0 Å². The van der Waals surface area contributed by atoms with Gasteiger partial charge < -0.3 is 10.1 Å². The fourth-order valence-corrected chi connectivity index (χ4v) is 1.46. The maximum Gasteiger partial charge on any atom is 0.427 e. The summed E-state index contributed by atoms with van der Waals surface area (Å²) in [6.07, 6.45) is -6.08. The summed E-state index contributed by atoms with van der Waals surface area (Å²) < 4.78 is 41.9. The van der Waals surface area contributed by atoms with E-state index >= 15 is 0 Å². The third-order valence-electron chi connectivity index (χ3n) is 2.25. The van der Waals surface area contributed by atoms with Crippen LogP contribution in [0.3, 0.4) is 0 Å². The van der Waals surface area contributed by atoms with Crippen molar-refractivity contribution in [3.05, 3.63) is 23.8 Å². The van der Waals surface area contributed by atoms with Crippen LogP contribution in [0.5, 0.6) is 5.75 Å². The van der Waals surface area contributed by atoms with Crippen LogP contribution in [0.4, 0.5) is 18.9 Å². The van der Waals surface area contributed by atoms with E-state index < -0.39 is 12.3 Å². The lowest BCUT2D eigenvalue weighted by Gasteiger charge is -2.28. The summed E-state index contributed by atoms with van der Waals surface area (Å²) in [4.78, 5) is 0. The highest BCUT2D eigenvalue weighted by Crippen LogP contribution is 2.34. The van der Waals surface area contributed by atoms with Crippen molar-refractivity contribution in [1.82, 2.24) is 0 Å². The van der Waals surface area contributed by atoms with E-state index in [9.17, 15) is 13.2 Å². The van der Waals surface area contributed by atoms with E-state index in [1.165, 1.54) is 0 Å². The second-order valence-corrected chi connectivity index (χ2v) is 3.53. The molecule has 0 fully saturated rings. The standard InChI is InChI=1S/C10H10F3NO/c1-6-2-3-8-7(4-6)14-5-9(15-8)10(11,12)13/h2-4,9,14H,5H2,1H3. The van der Waals surface area contributed by atoms with Crippen molar-refractivity contribution in [1.29, 1.82) is 0 Å². The van der Waals surface area contributed by atoms with Crippen LogP contribution < -0.4 is 10.1 Å². The predicted octanol–water partition coefficient (Wildman–Crippen LogP) is 2.73. The first-order chi connectivity index (χ1) is 6.97. The number of alkyl halides is 3. The van der Waals surface area contributed by atoms with Crippen LogP contribution in [0.15, 0.2) is 18.2 Å². The van der Waals surface area contributed by atoms with E-state index in [0.717, 1.165) is 5.56 Å². The van der Waals surface area contributed by atoms with Crippen molar-refractivity contribution >= 4 is 5.69 Å². The molecule has 1 N–H and O–H groups in total. The zero-order valence-corrected chi connectivity index (χ0v) is 8.06. The largest absolute Gasteiger partial charge is 0.477 e. The Morgan fingerprint density at radius 3 is 2.80 bits per heavy atom. The van der Waals surface area contributed by atoms with Crippen molar-refractivity contribution in [3.8, 4) is 5.75 Å². The first-order valence-electron chi connectivity index (χ1n) is 4.55. The van der Waals surface area contributed by atoms with Gasteiger partial charge in [0.1, 0.15) is 5.75 Å². The monoisotopic (exact) mass is 217 g/mol. The first-order valence-corrected chi connectivity index (χ1v) is 4.55. The number of fused-ring (bicyclic) bond motifs is 1. The molecule has 5 heteroatoms. The molecule has 1 heterocycles. The lowest BCUT2D eigenvalue weighted by atomic mass is 10.1. The average Bonchev–Trinajstić information content (AvgIpc) is 2.15. The number of rotatable bonds is 0. The Balaban J connectivity index is 2.24. The summed E-state index contributed by atoms with van der Waals surface area (Å²) >= 11 is 0. The number of hydrogen-bond donors (Lipinski definition) is 1. The number of aryl methyl sites for hydroxylation is 1. The van der Waals surface area contributed by atoms with Gasteiger partial charge in [0.25, 0.3) is 0 Å². The van der Waals surface area contributed by atoms with Crippen LogP contribution in [0.25, 0.3) is 0 Å². The van der Waals surface area contributed by atoms with Gasteiger partial charge in [0.05, 0.1) is 12.2 Å². The van der Waals surface area contributed by atoms with Gasteiger partial charge in [-0.05, 0) is 24.6 Å². The fourth-order valence-electron chi connectivity index (χ4n) is 1.46. The van der Waals surface area contributed by atoms with Crippen molar-refractivity contribution in [2.24, 2.45) is 0 Å². The maximum atomic E-state index is 12.3. The molecule has 1 unspecified atom stereocenters. The van der Waals surface area contributed by atoms with E-state index in [1.54, 1.807) is 18.2 Å². The predicted molar refractivity (Wildman–Crippen MR) is 50.1 cm³/mol. The molecular weight excluding hydrogens is 207 g/mol. The molecule has 2 nitrogen and oxygen atoms in total. The van der Waals surface area contributed by atoms with Crippen LogP contribution in [0.1, 0.15) is 5.56 Å². The Labute approximate surface area is 85.0 Å². The molecule has 0 aliphatic carbocycles. The number of nitrogens with one attached hydrogen (secondary N) is 1. The molecule has 0 saturated heterocycles. The number of halogens is 3. The molecule has 1 aromatic carbocycles. The van der Waals surface area contributed by atoms with Crippen LogP contribution in [0, 0.1) is 6.92 Å². The van der Waals surface area contributed by atoms with E-state index in [2.05, 4.69) is 5.32 Å². The number of benzene rings is 1. The third kappa shape index (κ3) is 2.00. The highest BCUT2D eigenvalue weighted by atomic mass is 19.4. The fraction of sp³-hybridized carbons (Fsp3) is 0.400. The Hall–Kier alpha value is -1.39. The van der Waals surface area contributed by atoms with Crippen molar-refractivity contribution < 1.29 is 17.9 Å². The molecule has 2 rings (SSSR count). The highest BCUT2D eigenvalue weighted by molar-refractivity contribution is 5.59. The van der Waals surface area contributed by atoms with Crippen LogP contribution in [-0.2, 0) is 0 Å². The van der Waals surface area contributed by atoms with Crippen LogP contribution >= 0.6 is 0 Å². The van der Waals surface area contributed by atoms with Crippen molar-refractivity contribution in [2.45, 2.75) is 19.2 Å². The molecular formula is C10H10F3NO. The molecule has 1 aliphatic heterocycles. The normalized spacial score (nSPS) is 20.1. The minimum Gasteiger partial charge on any atom is -0.477 e. The number of anilines is 1. The van der Waals surface area contributed by atoms with Gasteiger partial charge in [-0.25, -0.2) is 0 Å². The average molecular weight is 217 g/mol. The molecule has 0 saturated carbocycles. The number of hydrogen-bond acceptors (Lipinski definition) is 2. The minimum absolute atomic E-state index is 0.236. The minimum atomic E-state index is -4.32. The molecule has 15 heavy (non-hydrogen) atoms. The molecule has 1 aliphatic rings. The topological polar surface area (TPSA) is 21.3 Å². The van der Waals surface area contributed by atoms with E-state index in [0.29, 0.717) is 5.69 Å². The van der Waals surface area contributed by atoms with Gasteiger partial charge in [-0.2, -0.15) is 13.2 Å². The summed E-state index contributed by atoms with van der Waals surface area (Å²) in [7, 11) is 0. The summed E-state index contributed by atoms with van der Waals surface area (Å²) in [6, 6.07) is 5.04. The molecule has 0 spiro atoms. The van der Waals surface area contributed by atoms with Crippen LogP contribution in [0.2, 0.25) is 0 Å². The third-order valence-corrected chi connectivity index (χ3v) is 2.25. The lowest BCUT2D eigenvalue weighted by molar-refractivity contribution is -0.191. The van der Waals surface area contributed by atoms with Gasteiger partial charge in [-0.15, -0.1) is 0 Å². The van der Waals surface area contributed by atoms with E-state index in [-0.39, 0.29) is 12.3 Å². The molecule has 1 atom stereocenters. The zero-order chi connectivity index (χ0) is 11.1. The van der Waals surface area contributed by atoms with E-state index in [4.69, 9.17) is 4.74 Å². The van der Waals surface area contributed by atoms with Crippen molar-refractivity contribution in [2.75, 3.05) is 11.9 Å². The molecule has 82 valence electrons. The SMILES string of the molecule is Cc1ccc2c(c1)NCC(C(F)(F)F)O2. The Morgan fingerprint density at radius 2 is 2.13 bits per heavy atom. The summed E-state index contributed by atoms with van der Waals surface area (Å²) in [5.74, 6) is 0.258. The summed E-state index contributed by atoms with van der Waals surface area (Å²) in [5, 5.41) is 2.72. The molecule has 0 aromatic heterocycles. The lowest BCUT2D eigenvalue weighted by Crippen LogP contribution is -2.42. The molecule has 0 bridgehead atoms. The van der Waals surface area contributed by atoms with E-state index in [1.807, 2.05) is 6.92 Å². The maximum absolute atomic E-state index is 12.3. The Bertz CT molecular complexity index is 375. The van der Waals surface area contributed by atoms with Crippen LogP contribution in [-0.4, -0.2) is 18.8 Å². The quantitative estimate of drug-likeness (QED) is 0.721. The Kier molecular flexibility index (Phi) is 2.25. The van der Waals surface area contributed by atoms with Crippen molar-refractivity contribution in [3.63, 3.8) is 0 Å². The number of ether oxygens (including phenoxy) is 1. The summed E-state index contributed by atoms with van der Waals surface area (Å²) in [5.41, 5.74) is 1.60. The molecule has 0 radical (unpaired) electrons. The second-order valence-electron chi connectivity index (χ2n) is 3.53. The smallest absolute Gasteiger partial charge is 0.427 e. The van der Waals surface area contributed by atoms with Gasteiger partial charge in [0, 0.05) is 0 Å². The van der Waals surface area contributed by atoms with Gasteiger partial charge in [0.2, 0.25) is 6.10 Å². The van der Waals surface area contributed by atoms with Gasteiger partial charge in [-0.1, -0.05) is 6.07 Å². The van der Waals surface area contributed by atoms with Gasteiger partial charge in [0.15, 0.2) is 0 Å². The zero-order valence-electron chi connectivity index (χ0n) is 8.06. The van der Waals surface area contributed by atoms with Gasteiger partial charge >= 0.3 is 6.18 Å². The summed E-state index contributed by atoms with van der Waals surface area (Å²) in [6.45, 7) is 1.64. The molecule has 1 aromatic rings. The Morgan fingerprint density at radius 1 is 1.40 bits per heavy atom.